The maximum atomic E-state index is 12.9. The molecule has 10 heteroatoms. The number of carbonyl (C=O) groups excluding carboxylic acids is 6. The Hall–Kier alpha value is -5.90. The molecule has 10 nitrogen and oxygen atoms in total. The molecule has 0 saturated carbocycles. The fourth-order valence-electron chi connectivity index (χ4n) is 4.56. The summed E-state index contributed by atoms with van der Waals surface area (Å²) in [4.78, 5) is 70.8. The lowest BCUT2D eigenvalue weighted by Gasteiger charge is -2.17. The van der Waals surface area contributed by atoms with Crippen molar-refractivity contribution in [1.29, 1.82) is 0 Å². The predicted octanol–water partition coefficient (Wildman–Crippen LogP) is 6.61. The van der Waals surface area contributed by atoms with Crippen molar-refractivity contribution in [2.24, 2.45) is 0 Å². The highest BCUT2D eigenvalue weighted by molar-refractivity contribution is 5.80. The van der Waals surface area contributed by atoms with Crippen LogP contribution in [-0.2, 0) is 6.42 Å². The van der Waals surface area contributed by atoms with Crippen molar-refractivity contribution in [2.45, 2.75) is 27.2 Å². The molecule has 0 radical (unpaired) electrons. The van der Waals surface area contributed by atoms with Crippen LogP contribution in [-0.4, -0.2) is 37.5 Å². The average molecular weight is 595 g/mol. The first-order valence-electron chi connectivity index (χ1n) is 13.2. The molecule has 0 bridgehead atoms. The molecule has 4 aromatic rings. The summed E-state index contributed by atoms with van der Waals surface area (Å²) >= 11 is 0. The third-order valence-electron chi connectivity index (χ3n) is 6.51. The summed E-state index contributed by atoms with van der Waals surface area (Å²) in [7, 11) is 0. The van der Waals surface area contributed by atoms with Gasteiger partial charge in [-0.3, -0.25) is 19.2 Å². The summed E-state index contributed by atoms with van der Waals surface area (Å²) in [5.41, 5.74) is 3.65. The minimum atomic E-state index is -1.08. The van der Waals surface area contributed by atoms with Gasteiger partial charge in [0.1, 0.15) is 48.1 Å². The van der Waals surface area contributed by atoms with Crippen molar-refractivity contribution in [1.82, 2.24) is 0 Å². The van der Waals surface area contributed by atoms with Gasteiger partial charge in [-0.05, 0) is 104 Å². The Balaban J connectivity index is 1.63. The first-order chi connectivity index (χ1) is 21.1. The average Bonchev–Trinajstić information content (AvgIpc) is 3.01. The van der Waals surface area contributed by atoms with Crippen LogP contribution < -0.4 is 18.9 Å². The van der Waals surface area contributed by atoms with Gasteiger partial charge >= 0.3 is 12.3 Å². The van der Waals surface area contributed by atoms with Crippen molar-refractivity contribution >= 4 is 37.5 Å². The van der Waals surface area contributed by atoms with Crippen LogP contribution in [0.5, 0.6) is 23.0 Å². The van der Waals surface area contributed by atoms with Crippen LogP contribution in [0, 0.1) is 20.8 Å². The van der Waals surface area contributed by atoms with Gasteiger partial charge in [0.05, 0.1) is 0 Å². The molecule has 0 spiro atoms. The zero-order valence-corrected chi connectivity index (χ0v) is 23.9. The Bertz CT molecular complexity index is 1750. The number of hydrogen-bond acceptors (Lipinski definition) is 10. The summed E-state index contributed by atoms with van der Waals surface area (Å²) in [5.74, 6) is 0.523. The Kier molecular flexibility index (Phi) is 9.77. The van der Waals surface area contributed by atoms with E-state index in [-0.39, 0.29) is 35.0 Å². The summed E-state index contributed by atoms with van der Waals surface area (Å²) in [6.07, 6.45) is 0.421. The lowest BCUT2D eigenvalue weighted by Crippen LogP contribution is -2.17. The molecule has 0 N–H and O–H groups in total. The monoisotopic (exact) mass is 594 g/mol. The molecule has 44 heavy (non-hydrogen) atoms. The Morgan fingerprint density at radius 3 is 1.59 bits per heavy atom. The maximum Gasteiger partial charge on any atom is 0.519 e. The summed E-state index contributed by atoms with van der Waals surface area (Å²) in [5, 5.41) is 0. The summed E-state index contributed by atoms with van der Waals surface area (Å²) in [6, 6.07) is 16.3. The Labute approximate surface area is 252 Å². The van der Waals surface area contributed by atoms with Crippen molar-refractivity contribution in [3.8, 4) is 23.0 Å². The van der Waals surface area contributed by atoms with Crippen LogP contribution >= 0.6 is 0 Å². The first-order valence-corrected chi connectivity index (χ1v) is 13.2. The molecule has 0 amide bonds. The van der Waals surface area contributed by atoms with Crippen LogP contribution in [0.25, 0.3) is 0 Å². The van der Waals surface area contributed by atoms with E-state index in [0.717, 1.165) is 0 Å². The number of rotatable bonds is 10. The van der Waals surface area contributed by atoms with E-state index in [9.17, 15) is 28.8 Å². The van der Waals surface area contributed by atoms with Crippen molar-refractivity contribution in [2.75, 3.05) is 0 Å². The zero-order chi connectivity index (χ0) is 31.8. The molecule has 0 aliphatic heterocycles. The topological polar surface area (TPSA) is 139 Å². The highest BCUT2D eigenvalue weighted by Crippen LogP contribution is 2.32. The van der Waals surface area contributed by atoms with Crippen molar-refractivity contribution in [3.05, 3.63) is 117 Å². The standard InChI is InChI=1S/C34H26O10/c1-20-10-25(18-37)11-21(2)31(20)43-34(40)44-32-22(3)12-26(19-38)14-28(32)15-27-13-24(17-36)6-9-30(27)42-33(39)41-29-7-4-23(16-35)5-8-29/h4-14,16-19H,15H2,1-3H3. The molecule has 0 aliphatic carbocycles. The number of carbonyl (C=O) groups is 6. The molecular weight excluding hydrogens is 568 g/mol. The fraction of sp³-hybridized carbons (Fsp3) is 0.118. The Morgan fingerprint density at radius 2 is 1.00 bits per heavy atom. The van der Waals surface area contributed by atoms with Gasteiger partial charge in [0, 0.05) is 39.8 Å². The van der Waals surface area contributed by atoms with E-state index in [1.807, 2.05) is 0 Å². The lowest BCUT2D eigenvalue weighted by molar-refractivity contribution is 0.111. The van der Waals surface area contributed by atoms with Gasteiger partial charge in [0.2, 0.25) is 0 Å². The van der Waals surface area contributed by atoms with E-state index in [1.54, 1.807) is 32.9 Å². The number of benzene rings is 4. The minimum Gasteiger partial charge on any atom is -0.395 e. The second-order valence-electron chi connectivity index (χ2n) is 9.80. The largest absolute Gasteiger partial charge is 0.519 e. The molecule has 0 aromatic heterocycles. The molecule has 0 unspecified atom stereocenters. The molecule has 0 fully saturated rings. The van der Waals surface area contributed by atoms with Crippen LogP contribution in [0.15, 0.2) is 66.7 Å². The van der Waals surface area contributed by atoms with Gasteiger partial charge in [-0.2, -0.15) is 0 Å². The Morgan fingerprint density at radius 1 is 0.523 bits per heavy atom. The summed E-state index contributed by atoms with van der Waals surface area (Å²) < 4.78 is 21.7. The van der Waals surface area contributed by atoms with Gasteiger partial charge in [-0.25, -0.2) is 9.59 Å². The second-order valence-corrected chi connectivity index (χ2v) is 9.80. The highest BCUT2D eigenvalue weighted by atomic mass is 16.7. The van der Waals surface area contributed by atoms with E-state index < -0.39 is 12.3 Å². The van der Waals surface area contributed by atoms with Crippen LogP contribution in [0.3, 0.4) is 0 Å². The smallest absolute Gasteiger partial charge is 0.395 e. The van der Waals surface area contributed by atoms with Crippen molar-refractivity contribution < 1.29 is 47.7 Å². The molecular formula is C34H26O10. The highest BCUT2D eigenvalue weighted by Gasteiger charge is 2.20. The molecule has 0 saturated heterocycles. The lowest BCUT2D eigenvalue weighted by atomic mass is 9.97. The molecule has 222 valence electrons. The third-order valence-corrected chi connectivity index (χ3v) is 6.51. The van der Waals surface area contributed by atoms with Crippen LogP contribution in [0.2, 0.25) is 0 Å². The van der Waals surface area contributed by atoms with Gasteiger partial charge in [0.25, 0.3) is 0 Å². The molecule has 4 rings (SSSR count). The van der Waals surface area contributed by atoms with Gasteiger partial charge in [-0.15, -0.1) is 0 Å². The van der Waals surface area contributed by atoms with E-state index >= 15 is 0 Å². The number of aldehydes is 4. The molecule has 0 aliphatic rings. The van der Waals surface area contributed by atoms with Gasteiger partial charge < -0.3 is 18.9 Å². The fourth-order valence-corrected chi connectivity index (χ4v) is 4.56. The quantitative estimate of drug-likeness (QED) is 0.112. The van der Waals surface area contributed by atoms with Crippen molar-refractivity contribution in [3.63, 3.8) is 0 Å². The van der Waals surface area contributed by atoms with E-state index in [4.69, 9.17) is 18.9 Å². The van der Waals surface area contributed by atoms with Gasteiger partial charge in [0.15, 0.2) is 0 Å². The van der Waals surface area contributed by atoms with E-state index in [2.05, 4.69) is 0 Å². The second kappa shape index (κ2) is 13.8. The number of aryl methyl sites for hydroxylation is 3. The summed E-state index contributed by atoms with van der Waals surface area (Å²) in [6.45, 7) is 5.01. The number of hydrogen-bond donors (Lipinski definition) is 0. The number of ether oxygens (including phenoxy) is 4. The van der Waals surface area contributed by atoms with Crippen LogP contribution in [0.1, 0.15) is 69.2 Å². The zero-order valence-electron chi connectivity index (χ0n) is 23.9. The SMILES string of the molecule is Cc1cc(C=O)cc(C)c1OC(=O)Oc1c(C)cc(C=O)cc1Cc1cc(C=O)ccc1OC(=O)Oc1ccc(C=O)cc1. The third kappa shape index (κ3) is 7.48. The normalized spacial score (nSPS) is 10.3. The first kappa shape index (κ1) is 31.0. The predicted molar refractivity (Wildman–Crippen MR) is 158 cm³/mol. The molecule has 0 atom stereocenters. The van der Waals surface area contributed by atoms with E-state index in [0.29, 0.717) is 69.7 Å². The molecule has 0 heterocycles. The minimum absolute atomic E-state index is 0.0322. The van der Waals surface area contributed by atoms with Crippen LogP contribution in [0.4, 0.5) is 9.59 Å². The van der Waals surface area contributed by atoms with E-state index in [1.165, 1.54) is 54.6 Å². The van der Waals surface area contributed by atoms with Gasteiger partial charge in [-0.1, -0.05) is 0 Å². The molecule has 4 aromatic carbocycles. The maximum absolute atomic E-state index is 12.9.